The number of hydrogen-bond acceptors (Lipinski definition) is 3. The summed E-state index contributed by atoms with van der Waals surface area (Å²) in [5.41, 5.74) is 1.16. The molecular weight excluding hydrogens is 236 g/mol. The Kier molecular flexibility index (Phi) is 2.53. The van der Waals surface area contributed by atoms with E-state index >= 15 is 0 Å². The predicted molar refractivity (Wildman–Crippen MR) is 66.1 cm³/mol. The van der Waals surface area contributed by atoms with Crippen LogP contribution in [0.25, 0.3) is 10.8 Å². The lowest BCUT2D eigenvalue weighted by molar-refractivity contribution is 0.507. The van der Waals surface area contributed by atoms with Gasteiger partial charge in [-0.15, -0.1) is 5.10 Å². The summed E-state index contributed by atoms with van der Waals surface area (Å²) in [6, 6.07) is 14.4. The summed E-state index contributed by atoms with van der Waals surface area (Å²) in [5, 5.41) is 10.00. The second-order valence-electron chi connectivity index (χ2n) is 3.76. The third-order valence-corrected chi connectivity index (χ3v) is 2.82. The maximum absolute atomic E-state index is 5.60. The molecule has 0 amide bonds. The van der Waals surface area contributed by atoms with Crippen LogP contribution < -0.4 is 0 Å². The van der Waals surface area contributed by atoms with Crippen LogP contribution in [0.2, 0.25) is 5.35 Å². The van der Waals surface area contributed by atoms with Gasteiger partial charge in [0.05, 0.1) is 6.42 Å². The molecule has 0 N–H and O–H groups in total. The third kappa shape index (κ3) is 2.01. The molecule has 0 radical (unpaired) electrons. The van der Waals surface area contributed by atoms with Crippen molar-refractivity contribution < 1.29 is 4.42 Å². The minimum Gasteiger partial charge on any atom is -0.412 e. The van der Waals surface area contributed by atoms with Crippen LogP contribution in [0.3, 0.4) is 0 Å². The van der Waals surface area contributed by atoms with Gasteiger partial charge in [0.1, 0.15) is 0 Å². The van der Waals surface area contributed by atoms with Crippen molar-refractivity contribution in [3.05, 3.63) is 59.3 Å². The van der Waals surface area contributed by atoms with Crippen LogP contribution in [0, 0.1) is 0 Å². The monoisotopic (exact) mass is 244 g/mol. The number of aromatic nitrogens is 2. The molecule has 3 aromatic rings. The quantitative estimate of drug-likeness (QED) is 0.693. The van der Waals surface area contributed by atoms with Gasteiger partial charge in [-0.1, -0.05) is 47.6 Å². The van der Waals surface area contributed by atoms with E-state index in [1.165, 1.54) is 10.8 Å². The van der Waals surface area contributed by atoms with Crippen LogP contribution in [0.4, 0.5) is 0 Å². The molecule has 2 aromatic carbocycles. The maximum Gasteiger partial charge on any atom is 0.312 e. The summed E-state index contributed by atoms with van der Waals surface area (Å²) in [4.78, 5) is 0. The second kappa shape index (κ2) is 4.18. The molecule has 0 bridgehead atoms. The molecule has 84 valence electrons. The van der Waals surface area contributed by atoms with Crippen molar-refractivity contribution in [3.63, 3.8) is 0 Å². The molecule has 0 spiro atoms. The van der Waals surface area contributed by atoms with Crippen molar-refractivity contribution in [3.8, 4) is 0 Å². The molecule has 0 saturated carbocycles. The lowest BCUT2D eigenvalue weighted by atomic mass is 10.0. The molecule has 3 nitrogen and oxygen atoms in total. The molecular formula is C13H9ClN2O. The van der Waals surface area contributed by atoms with Crippen LogP contribution in [0.1, 0.15) is 11.5 Å². The van der Waals surface area contributed by atoms with E-state index in [0.717, 1.165) is 5.56 Å². The fourth-order valence-corrected chi connectivity index (χ4v) is 2.04. The molecule has 0 unspecified atom stereocenters. The van der Waals surface area contributed by atoms with E-state index in [2.05, 4.69) is 34.5 Å². The number of benzene rings is 2. The standard InChI is InChI=1S/C13H9ClN2O/c14-13-16-15-12(17-13)8-10-6-3-5-9-4-1-2-7-11(9)10/h1-7H,8H2. The molecule has 0 aliphatic carbocycles. The maximum atomic E-state index is 5.60. The van der Waals surface area contributed by atoms with Crippen molar-refractivity contribution in [2.75, 3.05) is 0 Å². The van der Waals surface area contributed by atoms with Crippen LogP contribution in [0.15, 0.2) is 46.9 Å². The van der Waals surface area contributed by atoms with Gasteiger partial charge in [-0.25, -0.2) is 0 Å². The highest BCUT2D eigenvalue weighted by molar-refractivity contribution is 6.27. The number of halogens is 1. The molecule has 0 aliphatic heterocycles. The molecule has 17 heavy (non-hydrogen) atoms. The zero-order valence-corrected chi connectivity index (χ0v) is 9.69. The highest BCUT2D eigenvalue weighted by Crippen LogP contribution is 2.21. The molecule has 0 fully saturated rings. The summed E-state index contributed by atoms with van der Waals surface area (Å²) in [6.07, 6.45) is 0.598. The zero-order valence-electron chi connectivity index (χ0n) is 8.93. The first-order chi connectivity index (χ1) is 8.33. The number of rotatable bonds is 2. The van der Waals surface area contributed by atoms with E-state index in [1.54, 1.807) is 0 Å². The molecule has 1 aromatic heterocycles. The van der Waals surface area contributed by atoms with E-state index in [-0.39, 0.29) is 5.35 Å². The molecule has 1 heterocycles. The Morgan fingerprint density at radius 3 is 2.65 bits per heavy atom. The van der Waals surface area contributed by atoms with Crippen molar-refractivity contribution in [1.29, 1.82) is 0 Å². The first kappa shape index (κ1) is 10.3. The summed E-state index contributed by atoms with van der Waals surface area (Å²) in [6.45, 7) is 0. The van der Waals surface area contributed by atoms with E-state index < -0.39 is 0 Å². The van der Waals surface area contributed by atoms with Gasteiger partial charge in [0, 0.05) is 0 Å². The Labute approximate surface area is 103 Å². The Bertz CT molecular complexity index is 658. The molecule has 0 aliphatic rings. The number of nitrogens with zero attached hydrogens (tertiary/aromatic N) is 2. The van der Waals surface area contributed by atoms with Gasteiger partial charge < -0.3 is 4.42 Å². The minimum atomic E-state index is 0.0836. The average molecular weight is 245 g/mol. The van der Waals surface area contributed by atoms with Crippen molar-refractivity contribution >= 4 is 22.4 Å². The van der Waals surface area contributed by atoms with Crippen LogP contribution in [0.5, 0.6) is 0 Å². The predicted octanol–water partition coefficient (Wildman–Crippen LogP) is 3.47. The normalized spacial score (nSPS) is 10.9. The first-order valence-corrected chi connectivity index (χ1v) is 5.65. The lowest BCUT2D eigenvalue weighted by Gasteiger charge is -2.03. The van der Waals surface area contributed by atoms with Crippen molar-refractivity contribution in [2.45, 2.75) is 6.42 Å². The van der Waals surface area contributed by atoms with E-state index in [1.807, 2.05) is 18.2 Å². The Hall–Kier alpha value is -1.87. The second-order valence-corrected chi connectivity index (χ2v) is 4.09. The third-order valence-electron chi connectivity index (χ3n) is 2.66. The summed E-state index contributed by atoms with van der Waals surface area (Å²) >= 11 is 5.60. The van der Waals surface area contributed by atoms with E-state index in [4.69, 9.17) is 16.0 Å². The minimum absolute atomic E-state index is 0.0836. The van der Waals surface area contributed by atoms with E-state index in [0.29, 0.717) is 12.3 Å². The van der Waals surface area contributed by atoms with Crippen molar-refractivity contribution in [1.82, 2.24) is 10.2 Å². The Balaban J connectivity index is 2.05. The lowest BCUT2D eigenvalue weighted by Crippen LogP contribution is -1.90. The first-order valence-electron chi connectivity index (χ1n) is 5.27. The highest BCUT2D eigenvalue weighted by atomic mass is 35.5. The Morgan fingerprint density at radius 2 is 1.82 bits per heavy atom. The largest absolute Gasteiger partial charge is 0.412 e. The van der Waals surface area contributed by atoms with Gasteiger partial charge in [-0.3, -0.25) is 0 Å². The summed E-state index contributed by atoms with van der Waals surface area (Å²) in [7, 11) is 0. The van der Waals surface area contributed by atoms with Gasteiger partial charge in [0.25, 0.3) is 0 Å². The van der Waals surface area contributed by atoms with Gasteiger partial charge >= 0.3 is 5.35 Å². The van der Waals surface area contributed by atoms with Crippen LogP contribution in [-0.2, 0) is 6.42 Å². The van der Waals surface area contributed by atoms with Gasteiger partial charge in [-0.2, -0.15) is 0 Å². The van der Waals surface area contributed by atoms with Crippen molar-refractivity contribution in [2.24, 2.45) is 0 Å². The molecule has 3 rings (SSSR count). The number of fused-ring (bicyclic) bond motifs is 1. The number of hydrogen-bond donors (Lipinski definition) is 0. The Morgan fingerprint density at radius 1 is 1.00 bits per heavy atom. The topological polar surface area (TPSA) is 38.9 Å². The van der Waals surface area contributed by atoms with Gasteiger partial charge in [0.2, 0.25) is 5.89 Å². The van der Waals surface area contributed by atoms with Crippen LogP contribution in [-0.4, -0.2) is 10.2 Å². The summed E-state index contributed by atoms with van der Waals surface area (Å²) in [5.74, 6) is 0.534. The highest BCUT2D eigenvalue weighted by Gasteiger charge is 2.07. The van der Waals surface area contributed by atoms with Gasteiger partial charge in [0.15, 0.2) is 0 Å². The smallest absolute Gasteiger partial charge is 0.312 e. The SMILES string of the molecule is Clc1nnc(Cc2cccc3ccccc23)o1. The zero-order chi connectivity index (χ0) is 11.7. The van der Waals surface area contributed by atoms with E-state index in [9.17, 15) is 0 Å². The van der Waals surface area contributed by atoms with Crippen LogP contribution >= 0.6 is 11.6 Å². The fraction of sp³-hybridized carbons (Fsp3) is 0.0769. The molecule has 0 saturated heterocycles. The van der Waals surface area contributed by atoms with Gasteiger partial charge in [-0.05, 0) is 27.9 Å². The fourth-order valence-electron chi connectivity index (χ4n) is 1.91. The summed E-state index contributed by atoms with van der Waals surface area (Å²) < 4.78 is 5.18. The molecule has 4 heteroatoms. The average Bonchev–Trinajstić information content (AvgIpc) is 2.75. The molecule has 0 atom stereocenters.